The zero-order valence-corrected chi connectivity index (χ0v) is 21.5. The van der Waals surface area contributed by atoms with Gasteiger partial charge in [0.25, 0.3) is 0 Å². The third kappa shape index (κ3) is 8.76. The summed E-state index contributed by atoms with van der Waals surface area (Å²) in [5, 5.41) is 23.1. The summed E-state index contributed by atoms with van der Waals surface area (Å²) in [6.07, 6.45) is 3.00. The highest BCUT2D eigenvalue weighted by Crippen LogP contribution is 2.24. The lowest BCUT2D eigenvalue weighted by Gasteiger charge is -2.26. The summed E-state index contributed by atoms with van der Waals surface area (Å²) < 4.78 is 6.07. The van der Waals surface area contributed by atoms with E-state index in [2.05, 4.69) is 21.2 Å². The van der Waals surface area contributed by atoms with E-state index in [1.807, 2.05) is 60.7 Å². The lowest BCUT2D eigenvalue weighted by Crippen LogP contribution is -2.53. The summed E-state index contributed by atoms with van der Waals surface area (Å²) in [5.74, 6) is -1.27. The Kier molecular flexibility index (Phi) is 11.3. The van der Waals surface area contributed by atoms with E-state index in [0.29, 0.717) is 32.4 Å². The van der Waals surface area contributed by atoms with Crippen molar-refractivity contribution in [2.24, 2.45) is 0 Å². The molecule has 0 spiro atoms. The number of hydrogen-bond donors (Lipinski definition) is 3. The summed E-state index contributed by atoms with van der Waals surface area (Å²) in [4.78, 5) is 28.0. The Morgan fingerprint density at radius 2 is 1.71 bits per heavy atom. The lowest BCUT2D eigenvalue weighted by atomic mass is 9.76. The van der Waals surface area contributed by atoms with Gasteiger partial charge in [0, 0.05) is 24.7 Å². The lowest BCUT2D eigenvalue weighted by molar-refractivity contribution is -0.138. The van der Waals surface area contributed by atoms with Crippen LogP contribution in [0.15, 0.2) is 60.7 Å². The number of ether oxygens (including phenoxy) is 1. The summed E-state index contributed by atoms with van der Waals surface area (Å²) in [6.45, 7) is 0.727. The van der Waals surface area contributed by atoms with E-state index in [1.165, 1.54) is 0 Å². The van der Waals surface area contributed by atoms with Crippen molar-refractivity contribution in [1.29, 1.82) is 0 Å². The van der Waals surface area contributed by atoms with Gasteiger partial charge in [-0.3, -0.25) is 9.59 Å². The molecule has 9 heteroatoms. The largest absolute Gasteiger partial charge is 0.475 e. The van der Waals surface area contributed by atoms with Crippen molar-refractivity contribution in [3.63, 3.8) is 0 Å². The van der Waals surface area contributed by atoms with Crippen LogP contribution in [-0.2, 0) is 27.4 Å². The molecule has 1 aliphatic rings. The number of rotatable bonds is 13. The molecule has 1 fully saturated rings. The second kappa shape index (κ2) is 14.4. The van der Waals surface area contributed by atoms with E-state index in [9.17, 15) is 19.6 Å². The monoisotopic (exact) mass is 544 g/mol. The molecule has 2 amide bonds. The molecular formula is C26H34BBrN2O5. The average Bonchev–Trinajstić information content (AvgIpc) is 3.31. The molecule has 7 nitrogen and oxygen atoms in total. The SMILES string of the molecule is O=C(N[C@@H](CCCCBr)B(O)O)[C@@H]1C[C@@H](OCc2ccccc2)CN1C(=O)CCc1ccccc1. The maximum absolute atomic E-state index is 13.2. The average molecular weight is 545 g/mol. The maximum Gasteiger partial charge on any atom is 0.475 e. The molecule has 0 saturated carbocycles. The van der Waals surface area contributed by atoms with Crippen molar-refractivity contribution in [2.45, 2.75) is 63.2 Å². The third-order valence-corrected chi connectivity index (χ3v) is 6.83. The number of nitrogens with one attached hydrogen (secondary N) is 1. The van der Waals surface area contributed by atoms with E-state index in [1.54, 1.807) is 4.90 Å². The number of nitrogens with zero attached hydrogens (tertiary/aromatic N) is 1. The van der Waals surface area contributed by atoms with Gasteiger partial charge in [0.1, 0.15) is 6.04 Å². The van der Waals surface area contributed by atoms with Crippen LogP contribution in [0.5, 0.6) is 0 Å². The van der Waals surface area contributed by atoms with Gasteiger partial charge in [-0.15, -0.1) is 0 Å². The van der Waals surface area contributed by atoms with Crippen LogP contribution >= 0.6 is 15.9 Å². The highest BCUT2D eigenvalue weighted by Gasteiger charge is 2.41. The van der Waals surface area contributed by atoms with Crippen LogP contribution in [-0.4, -0.2) is 63.8 Å². The summed E-state index contributed by atoms with van der Waals surface area (Å²) in [6, 6.07) is 18.8. The fraction of sp³-hybridized carbons (Fsp3) is 0.462. The first-order valence-electron chi connectivity index (χ1n) is 12.2. The molecule has 1 saturated heterocycles. The number of alkyl halides is 1. The number of halogens is 1. The van der Waals surface area contributed by atoms with Crippen molar-refractivity contribution >= 4 is 34.9 Å². The smallest absolute Gasteiger partial charge is 0.426 e. The Morgan fingerprint density at radius 1 is 1.06 bits per heavy atom. The van der Waals surface area contributed by atoms with Gasteiger partial charge < -0.3 is 25.0 Å². The molecule has 0 bridgehead atoms. The van der Waals surface area contributed by atoms with Crippen LogP contribution < -0.4 is 5.32 Å². The van der Waals surface area contributed by atoms with Crippen LogP contribution in [0.2, 0.25) is 0 Å². The molecule has 2 aromatic carbocycles. The van der Waals surface area contributed by atoms with Gasteiger partial charge in [-0.2, -0.15) is 0 Å². The van der Waals surface area contributed by atoms with Crippen LogP contribution in [0.3, 0.4) is 0 Å². The Morgan fingerprint density at radius 3 is 2.34 bits per heavy atom. The molecule has 0 unspecified atom stereocenters. The van der Waals surface area contributed by atoms with Gasteiger partial charge in [0.15, 0.2) is 0 Å². The minimum absolute atomic E-state index is 0.111. The second-order valence-corrected chi connectivity index (χ2v) is 9.71. The third-order valence-electron chi connectivity index (χ3n) is 6.27. The number of aryl methyl sites for hydroxylation is 1. The second-order valence-electron chi connectivity index (χ2n) is 8.92. The van der Waals surface area contributed by atoms with Crippen molar-refractivity contribution in [1.82, 2.24) is 10.2 Å². The van der Waals surface area contributed by atoms with Gasteiger partial charge in [-0.05, 0) is 30.4 Å². The fourth-order valence-electron chi connectivity index (χ4n) is 4.30. The molecule has 0 radical (unpaired) electrons. The quantitative estimate of drug-likeness (QED) is 0.204. The van der Waals surface area contributed by atoms with E-state index < -0.39 is 19.1 Å². The highest BCUT2D eigenvalue weighted by molar-refractivity contribution is 9.09. The standard InChI is InChI=1S/C26H34BBrN2O5/c28-16-8-7-13-24(27(33)34)29-26(32)23-17-22(35-19-21-11-5-2-6-12-21)18-30(23)25(31)15-14-20-9-3-1-4-10-20/h1-6,9-12,22-24,33-34H,7-8,13-19H2,(H,29,32)/t22-,23+,24+/m1/s1. The molecule has 35 heavy (non-hydrogen) atoms. The van der Waals surface area contributed by atoms with Gasteiger partial charge in [0.05, 0.1) is 18.7 Å². The highest BCUT2D eigenvalue weighted by atomic mass is 79.9. The molecule has 1 heterocycles. The van der Waals surface area contributed by atoms with Crippen LogP contribution in [0.1, 0.15) is 43.2 Å². The topological polar surface area (TPSA) is 99.1 Å². The number of likely N-dealkylation sites (tertiary alicyclic amines) is 1. The number of hydrogen-bond acceptors (Lipinski definition) is 5. The fourth-order valence-corrected chi connectivity index (χ4v) is 4.70. The Bertz CT molecular complexity index is 918. The molecule has 0 aromatic heterocycles. The van der Waals surface area contributed by atoms with E-state index in [4.69, 9.17) is 4.74 Å². The molecule has 188 valence electrons. The molecule has 0 aliphatic carbocycles. The van der Waals surface area contributed by atoms with Crippen LogP contribution in [0.25, 0.3) is 0 Å². The number of carbonyl (C=O) groups is 2. The first-order chi connectivity index (χ1) is 17.0. The zero-order chi connectivity index (χ0) is 25.0. The van der Waals surface area contributed by atoms with Crippen molar-refractivity contribution in [2.75, 3.05) is 11.9 Å². The molecule has 3 rings (SSSR count). The first kappa shape index (κ1) is 27.4. The summed E-state index contributed by atoms with van der Waals surface area (Å²) >= 11 is 3.36. The van der Waals surface area contributed by atoms with Crippen molar-refractivity contribution in [3.8, 4) is 0 Å². The van der Waals surface area contributed by atoms with Crippen molar-refractivity contribution in [3.05, 3.63) is 71.8 Å². The number of amides is 2. The minimum atomic E-state index is -1.66. The van der Waals surface area contributed by atoms with E-state index in [-0.39, 0.29) is 24.3 Å². The number of unbranched alkanes of at least 4 members (excludes halogenated alkanes) is 1. The molecule has 1 aliphatic heterocycles. The predicted octanol–water partition coefficient (Wildman–Crippen LogP) is 2.87. The van der Waals surface area contributed by atoms with E-state index >= 15 is 0 Å². The van der Waals surface area contributed by atoms with Gasteiger partial charge in [0.2, 0.25) is 11.8 Å². The number of benzene rings is 2. The molecule has 3 N–H and O–H groups in total. The van der Waals surface area contributed by atoms with E-state index in [0.717, 1.165) is 29.3 Å². The van der Waals surface area contributed by atoms with Crippen LogP contribution in [0, 0.1) is 0 Å². The minimum Gasteiger partial charge on any atom is -0.426 e. The molecule has 2 aromatic rings. The van der Waals surface area contributed by atoms with Crippen LogP contribution in [0.4, 0.5) is 0 Å². The number of carbonyl (C=O) groups excluding carboxylic acids is 2. The Balaban J connectivity index is 1.65. The summed E-state index contributed by atoms with van der Waals surface area (Å²) in [5.41, 5.74) is 2.09. The Labute approximate surface area is 216 Å². The molecular weight excluding hydrogens is 511 g/mol. The summed E-state index contributed by atoms with van der Waals surface area (Å²) in [7, 11) is -1.66. The predicted molar refractivity (Wildman–Crippen MR) is 140 cm³/mol. The maximum atomic E-state index is 13.2. The van der Waals surface area contributed by atoms with Gasteiger partial charge in [-0.1, -0.05) is 83.0 Å². The Hall–Kier alpha value is -2.20. The molecule has 3 atom stereocenters. The van der Waals surface area contributed by atoms with Gasteiger partial charge in [-0.25, -0.2) is 0 Å². The zero-order valence-electron chi connectivity index (χ0n) is 19.9. The normalized spacial score (nSPS) is 18.3. The first-order valence-corrected chi connectivity index (χ1v) is 13.3. The van der Waals surface area contributed by atoms with Gasteiger partial charge >= 0.3 is 7.12 Å². The van der Waals surface area contributed by atoms with Crippen molar-refractivity contribution < 1.29 is 24.4 Å².